The number of methoxy groups -OCH3 is 1. The third-order valence-electron chi connectivity index (χ3n) is 5.03. The predicted molar refractivity (Wildman–Crippen MR) is 122 cm³/mol. The number of ether oxygens (including phenoxy) is 1. The van der Waals surface area contributed by atoms with E-state index in [0.717, 1.165) is 38.7 Å². The molecule has 0 aliphatic carbocycles. The van der Waals surface area contributed by atoms with Crippen molar-refractivity contribution in [3.8, 4) is 5.75 Å². The summed E-state index contributed by atoms with van der Waals surface area (Å²) in [5.74, 6) is 1.45. The van der Waals surface area contributed by atoms with Gasteiger partial charge in [0.05, 0.1) is 13.7 Å². The van der Waals surface area contributed by atoms with E-state index in [1.807, 2.05) is 18.2 Å². The molecule has 7 heteroatoms. The minimum absolute atomic E-state index is 0.120. The molecule has 1 heterocycles. The molecule has 1 aliphatic rings. The maximum Gasteiger partial charge on any atom is 0.251 e. The van der Waals surface area contributed by atoms with E-state index in [2.05, 4.69) is 51.6 Å². The van der Waals surface area contributed by atoms with Crippen LogP contribution in [0.2, 0.25) is 0 Å². The monoisotopic (exact) mass is 409 g/mol. The Labute approximate surface area is 178 Å². The summed E-state index contributed by atoms with van der Waals surface area (Å²) in [4.78, 5) is 21.7. The largest absolute Gasteiger partial charge is 0.497 e. The van der Waals surface area contributed by atoms with Gasteiger partial charge in [-0.15, -0.1) is 0 Å². The first kappa shape index (κ1) is 21.5. The highest BCUT2D eigenvalue weighted by Gasteiger charge is 2.19. The molecule has 2 aromatic rings. The van der Waals surface area contributed by atoms with Crippen molar-refractivity contribution < 1.29 is 9.53 Å². The molecule has 1 saturated heterocycles. The number of hydrogen-bond acceptors (Lipinski definition) is 4. The Morgan fingerprint density at radius 1 is 1.03 bits per heavy atom. The molecule has 0 unspecified atom stereocenters. The number of guanidine groups is 1. The fourth-order valence-corrected chi connectivity index (χ4v) is 3.44. The van der Waals surface area contributed by atoms with Crippen molar-refractivity contribution >= 4 is 17.6 Å². The first-order valence-corrected chi connectivity index (χ1v) is 10.5. The van der Waals surface area contributed by atoms with E-state index in [0.29, 0.717) is 24.4 Å². The van der Waals surface area contributed by atoms with E-state index < -0.39 is 0 Å². The van der Waals surface area contributed by atoms with Gasteiger partial charge in [0.25, 0.3) is 5.91 Å². The molecule has 0 spiro atoms. The number of carbonyl (C=O) groups is 1. The number of para-hydroxylation sites is 1. The number of amides is 1. The van der Waals surface area contributed by atoms with Crippen molar-refractivity contribution in [3.05, 3.63) is 60.2 Å². The van der Waals surface area contributed by atoms with E-state index in [1.165, 1.54) is 5.69 Å². The number of piperazine rings is 1. The van der Waals surface area contributed by atoms with Gasteiger partial charge in [-0.3, -0.25) is 9.79 Å². The molecule has 1 amide bonds. The normalized spacial score (nSPS) is 14.4. The van der Waals surface area contributed by atoms with Crippen LogP contribution in [-0.2, 0) is 0 Å². The first-order valence-electron chi connectivity index (χ1n) is 10.5. The topological polar surface area (TPSA) is 69.2 Å². The van der Waals surface area contributed by atoms with Crippen LogP contribution in [0.5, 0.6) is 5.75 Å². The Kier molecular flexibility index (Phi) is 7.94. The van der Waals surface area contributed by atoms with Gasteiger partial charge in [0.15, 0.2) is 5.96 Å². The van der Waals surface area contributed by atoms with Crippen LogP contribution >= 0.6 is 0 Å². The molecular formula is C23H31N5O2. The zero-order valence-electron chi connectivity index (χ0n) is 17.8. The molecule has 2 aromatic carbocycles. The number of nitrogens with one attached hydrogen (secondary N) is 2. The van der Waals surface area contributed by atoms with Crippen LogP contribution in [0.4, 0.5) is 5.69 Å². The summed E-state index contributed by atoms with van der Waals surface area (Å²) < 4.78 is 5.17. The van der Waals surface area contributed by atoms with E-state index in [4.69, 9.17) is 9.73 Å². The predicted octanol–water partition coefficient (Wildman–Crippen LogP) is 2.21. The van der Waals surface area contributed by atoms with Gasteiger partial charge in [-0.2, -0.15) is 0 Å². The van der Waals surface area contributed by atoms with Gasteiger partial charge in [0.1, 0.15) is 5.75 Å². The van der Waals surface area contributed by atoms with Crippen LogP contribution < -0.4 is 20.3 Å². The second kappa shape index (κ2) is 11.1. The molecule has 0 radical (unpaired) electrons. The summed E-state index contributed by atoms with van der Waals surface area (Å²) in [5, 5.41) is 6.29. The lowest BCUT2D eigenvalue weighted by molar-refractivity contribution is 0.0954. The molecule has 0 saturated carbocycles. The van der Waals surface area contributed by atoms with E-state index >= 15 is 0 Å². The fourth-order valence-electron chi connectivity index (χ4n) is 3.44. The number of rotatable bonds is 7. The van der Waals surface area contributed by atoms with Crippen molar-refractivity contribution in [2.24, 2.45) is 4.99 Å². The Hall–Kier alpha value is -3.22. The van der Waals surface area contributed by atoms with Gasteiger partial charge in [-0.05, 0) is 37.3 Å². The SMILES string of the molecule is CCNC(=NCCNC(=O)c1cccc(OC)c1)N1CCN(c2ccccc2)CC1. The van der Waals surface area contributed by atoms with Crippen LogP contribution in [0, 0.1) is 0 Å². The Morgan fingerprint density at radius 2 is 1.80 bits per heavy atom. The summed E-state index contributed by atoms with van der Waals surface area (Å²) in [7, 11) is 1.59. The van der Waals surface area contributed by atoms with Crippen LogP contribution in [0.15, 0.2) is 59.6 Å². The van der Waals surface area contributed by atoms with Crippen LogP contribution in [-0.4, -0.2) is 69.7 Å². The highest BCUT2D eigenvalue weighted by molar-refractivity contribution is 5.94. The summed E-state index contributed by atoms with van der Waals surface area (Å²) in [6.07, 6.45) is 0. The van der Waals surface area contributed by atoms with Gasteiger partial charge in [-0.1, -0.05) is 24.3 Å². The quantitative estimate of drug-likeness (QED) is 0.417. The van der Waals surface area contributed by atoms with Crippen LogP contribution in [0.25, 0.3) is 0 Å². The number of nitrogens with zero attached hydrogens (tertiary/aromatic N) is 3. The van der Waals surface area contributed by atoms with E-state index in [-0.39, 0.29) is 5.91 Å². The zero-order valence-corrected chi connectivity index (χ0v) is 17.8. The molecular weight excluding hydrogens is 378 g/mol. The zero-order chi connectivity index (χ0) is 21.2. The minimum atomic E-state index is -0.120. The molecule has 30 heavy (non-hydrogen) atoms. The summed E-state index contributed by atoms with van der Waals surface area (Å²) >= 11 is 0. The minimum Gasteiger partial charge on any atom is -0.497 e. The molecule has 2 N–H and O–H groups in total. The van der Waals surface area contributed by atoms with Crippen LogP contribution in [0.1, 0.15) is 17.3 Å². The van der Waals surface area contributed by atoms with Gasteiger partial charge in [0, 0.05) is 50.5 Å². The number of aliphatic imine (C=N–C) groups is 1. The molecule has 7 nitrogen and oxygen atoms in total. The average molecular weight is 410 g/mol. The van der Waals surface area contributed by atoms with Gasteiger partial charge < -0.3 is 25.2 Å². The molecule has 0 atom stereocenters. The maximum absolute atomic E-state index is 12.3. The Balaban J connectivity index is 1.49. The van der Waals surface area contributed by atoms with Crippen LogP contribution in [0.3, 0.4) is 0 Å². The third kappa shape index (κ3) is 5.89. The lowest BCUT2D eigenvalue weighted by atomic mass is 10.2. The number of benzene rings is 2. The molecule has 0 bridgehead atoms. The summed E-state index contributed by atoms with van der Waals surface area (Å²) in [5.41, 5.74) is 1.85. The van der Waals surface area contributed by atoms with Gasteiger partial charge in [0.2, 0.25) is 0 Å². The van der Waals surface area contributed by atoms with Crippen molar-refractivity contribution in [1.82, 2.24) is 15.5 Å². The third-order valence-corrected chi connectivity index (χ3v) is 5.03. The second-order valence-electron chi connectivity index (χ2n) is 7.03. The van der Waals surface area contributed by atoms with Gasteiger partial charge >= 0.3 is 0 Å². The highest BCUT2D eigenvalue weighted by atomic mass is 16.5. The lowest BCUT2D eigenvalue weighted by Gasteiger charge is -2.37. The highest BCUT2D eigenvalue weighted by Crippen LogP contribution is 2.15. The van der Waals surface area contributed by atoms with Crippen molar-refractivity contribution in [3.63, 3.8) is 0 Å². The molecule has 160 valence electrons. The molecule has 1 aliphatic heterocycles. The van der Waals surface area contributed by atoms with Crippen molar-refractivity contribution in [1.29, 1.82) is 0 Å². The Bertz CT molecular complexity index is 832. The van der Waals surface area contributed by atoms with E-state index in [9.17, 15) is 4.79 Å². The van der Waals surface area contributed by atoms with E-state index in [1.54, 1.807) is 19.2 Å². The first-order chi connectivity index (χ1) is 14.7. The smallest absolute Gasteiger partial charge is 0.251 e. The number of hydrogen-bond donors (Lipinski definition) is 2. The van der Waals surface area contributed by atoms with Gasteiger partial charge in [-0.25, -0.2) is 0 Å². The van der Waals surface area contributed by atoms with Crippen molar-refractivity contribution in [2.45, 2.75) is 6.92 Å². The second-order valence-corrected chi connectivity index (χ2v) is 7.03. The molecule has 1 fully saturated rings. The standard InChI is InChI=1S/C23H31N5O2/c1-3-24-23(28-16-14-27(15-17-28)20-9-5-4-6-10-20)26-13-12-25-22(29)19-8-7-11-21(18-19)30-2/h4-11,18H,3,12-17H2,1-2H3,(H,24,26)(H,25,29). The summed E-state index contributed by atoms with van der Waals surface area (Å²) in [6, 6.07) is 17.6. The Morgan fingerprint density at radius 3 is 2.50 bits per heavy atom. The summed E-state index contributed by atoms with van der Waals surface area (Å²) in [6.45, 7) is 7.63. The average Bonchev–Trinajstić information content (AvgIpc) is 2.81. The molecule has 3 rings (SSSR count). The molecule has 0 aromatic heterocycles. The fraction of sp³-hybridized carbons (Fsp3) is 0.391. The van der Waals surface area contributed by atoms with Crippen molar-refractivity contribution in [2.75, 3.05) is 57.8 Å². The maximum atomic E-state index is 12.3. The number of anilines is 1. The number of carbonyl (C=O) groups excluding carboxylic acids is 1. The lowest BCUT2D eigenvalue weighted by Crippen LogP contribution is -2.52.